The molecule has 104 valence electrons. The van der Waals surface area contributed by atoms with Crippen LogP contribution in [0.25, 0.3) is 0 Å². The third kappa shape index (κ3) is 2.22. The largest absolute Gasteiger partial charge is 0.312 e. The zero-order valence-corrected chi connectivity index (χ0v) is 12.4. The Morgan fingerprint density at radius 1 is 1.25 bits per heavy atom. The summed E-state index contributed by atoms with van der Waals surface area (Å²) < 4.78 is 0. The Kier molecular flexibility index (Phi) is 3.53. The highest BCUT2D eigenvalue weighted by molar-refractivity contribution is 5.35. The van der Waals surface area contributed by atoms with E-state index in [0.29, 0.717) is 12.0 Å². The number of likely N-dealkylation sites (N-methyl/N-ethyl adjacent to an activating group) is 1. The lowest BCUT2D eigenvalue weighted by Crippen LogP contribution is -2.24. The predicted octanol–water partition coefficient (Wildman–Crippen LogP) is 3.08. The predicted molar refractivity (Wildman–Crippen MR) is 80.8 cm³/mol. The van der Waals surface area contributed by atoms with Crippen molar-refractivity contribution in [1.82, 2.24) is 15.3 Å². The first kappa shape index (κ1) is 13.3. The summed E-state index contributed by atoms with van der Waals surface area (Å²) in [5, 5.41) is 3.48. The highest BCUT2D eigenvalue weighted by Gasteiger charge is 2.31. The Balaban J connectivity index is 1.99. The van der Waals surface area contributed by atoms with Crippen LogP contribution in [-0.2, 0) is 6.42 Å². The first-order chi connectivity index (χ1) is 9.70. The van der Waals surface area contributed by atoms with Crippen LogP contribution in [0, 0.1) is 13.8 Å². The van der Waals surface area contributed by atoms with Gasteiger partial charge in [0.1, 0.15) is 0 Å². The Labute approximate surface area is 120 Å². The van der Waals surface area contributed by atoms with Gasteiger partial charge in [-0.2, -0.15) is 0 Å². The molecule has 3 nitrogen and oxygen atoms in total. The van der Waals surface area contributed by atoms with E-state index in [1.165, 1.54) is 16.8 Å². The fourth-order valence-electron chi connectivity index (χ4n) is 3.37. The minimum absolute atomic E-state index is 0.291. The quantitative estimate of drug-likeness (QED) is 0.928. The molecule has 0 saturated carbocycles. The van der Waals surface area contributed by atoms with Gasteiger partial charge in [0.2, 0.25) is 0 Å². The number of nitrogens with one attached hydrogen (secondary N) is 1. The van der Waals surface area contributed by atoms with Crippen LogP contribution in [0.3, 0.4) is 0 Å². The van der Waals surface area contributed by atoms with Crippen molar-refractivity contribution in [1.29, 1.82) is 0 Å². The molecule has 0 aliphatic heterocycles. The number of aryl methyl sites for hydroxylation is 3. The molecule has 0 amide bonds. The summed E-state index contributed by atoms with van der Waals surface area (Å²) in [6, 6.07) is 8.84. The summed E-state index contributed by atoms with van der Waals surface area (Å²) in [5.74, 6) is 0.444. The minimum atomic E-state index is 0.291. The summed E-state index contributed by atoms with van der Waals surface area (Å²) in [6.07, 6.45) is 4.19. The maximum absolute atomic E-state index is 4.62. The van der Waals surface area contributed by atoms with Crippen LogP contribution in [0.2, 0.25) is 0 Å². The molecule has 0 bridgehead atoms. The Bertz CT molecular complexity index is 621. The minimum Gasteiger partial charge on any atom is -0.312 e. The lowest BCUT2D eigenvalue weighted by Gasteiger charge is -2.25. The van der Waals surface area contributed by atoms with E-state index in [0.717, 1.165) is 24.2 Å². The number of pyridine rings is 2. The van der Waals surface area contributed by atoms with E-state index >= 15 is 0 Å². The SMILES string of the molecule is CNC(c1ccc(C)nc1C)C1CCc2cccnc21. The van der Waals surface area contributed by atoms with E-state index in [2.05, 4.69) is 40.4 Å². The van der Waals surface area contributed by atoms with Crippen LogP contribution in [0.1, 0.15) is 46.6 Å². The summed E-state index contributed by atoms with van der Waals surface area (Å²) in [6.45, 7) is 4.14. The van der Waals surface area contributed by atoms with Gasteiger partial charge in [-0.25, -0.2) is 0 Å². The van der Waals surface area contributed by atoms with Crippen LogP contribution in [0.15, 0.2) is 30.5 Å². The average Bonchev–Trinajstić information content (AvgIpc) is 2.86. The van der Waals surface area contributed by atoms with Gasteiger partial charge in [0.05, 0.1) is 0 Å². The van der Waals surface area contributed by atoms with Crippen LogP contribution < -0.4 is 5.32 Å². The van der Waals surface area contributed by atoms with E-state index in [1.807, 2.05) is 26.2 Å². The van der Waals surface area contributed by atoms with Crippen molar-refractivity contribution >= 4 is 0 Å². The van der Waals surface area contributed by atoms with E-state index in [4.69, 9.17) is 0 Å². The average molecular weight is 267 g/mol. The fraction of sp³-hybridized carbons (Fsp3) is 0.412. The van der Waals surface area contributed by atoms with Gasteiger partial charge in [-0.3, -0.25) is 9.97 Å². The smallest absolute Gasteiger partial charge is 0.0485 e. The van der Waals surface area contributed by atoms with Gasteiger partial charge in [0, 0.05) is 35.2 Å². The van der Waals surface area contributed by atoms with Gasteiger partial charge in [0.25, 0.3) is 0 Å². The first-order valence-electron chi connectivity index (χ1n) is 7.26. The van der Waals surface area contributed by atoms with Crippen molar-refractivity contribution in [2.75, 3.05) is 7.05 Å². The molecule has 1 N–H and O–H groups in total. The van der Waals surface area contributed by atoms with Gasteiger partial charge >= 0.3 is 0 Å². The monoisotopic (exact) mass is 267 g/mol. The molecule has 0 saturated heterocycles. The third-order valence-electron chi connectivity index (χ3n) is 4.32. The molecule has 3 heteroatoms. The Hall–Kier alpha value is -1.74. The zero-order valence-electron chi connectivity index (χ0n) is 12.4. The lowest BCUT2D eigenvalue weighted by molar-refractivity contribution is 0.466. The number of fused-ring (bicyclic) bond motifs is 1. The second kappa shape index (κ2) is 5.33. The first-order valence-corrected chi connectivity index (χ1v) is 7.26. The molecule has 2 heterocycles. The van der Waals surface area contributed by atoms with E-state index in [1.54, 1.807) is 0 Å². The molecular weight excluding hydrogens is 246 g/mol. The van der Waals surface area contributed by atoms with Crippen LogP contribution >= 0.6 is 0 Å². The molecule has 0 spiro atoms. The van der Waals surface area contributed by atoms with Crippen molar-refractivity contribution in [3.63, 3.8) is 0 Å². The van der Waals surface area contributed by atoms with Crippen molar-refractivity contribution in [3.05, 3.63) is 58.7 Å². The number of hydrogen-bond donors (Lipinski definition) is 1. The van der Waals surface area contributed by atoms with E-state index < -0.39 is 0 Å². The van der Waals surface area contributed by atoms with Gasteiger partial charge < -0.3 is 5.32 Å². The summed E-state index contributed by atoms with van der Waals surface area (Å²) >= 11 is 0. The molecule has 2 aromatic rings. The molecule has 0 fully saturated rings. The molecule has 3 rings (SSSR count). The molecule has 2 unspecified atom stereocenters. The third-order valence-corrected chi connectivity index (χ3v) is 4.32. The Morgan fingerprint density at radius 2 is 2.10 bits per heavy atom. The lowest BCUT2D eigenvalue weighted by atomic mass is 9.90. The van der Waals surface area contributed by atoms with Crippen molar-refractivity contribution < 1.29 is 0 Å². The van der Waals surface area contributed by atoms with Gasteiger partial charge in [0.15, 0.2) is 0 Å². The fourth-order valence-corrected chi connectivity index (χ4v) is 3.37. The summed E-state index contributed by atoms with van der Waals surface area (Å²) in [7, 11) is 2.03. The number of hydrogen-bond acceptors (Lipinski definition) is 3. The van der Waals surface area contributed by atoms with Gasteiger partial charge in [-0.05, 0) is 57.0 Å². The van der Waals surface area contributed by atoms with Crippen molar-refractivity contribution in [2.24, 2.45) is 0 Å². The normalized spacial score (nSPS) is 18.9. The topological polar surface area (TPSA) is 37.8 Å². The molecule has 1 aliphatic carbocycles. The molecule has 2 atom stereocenters. The van der Waals surface area contributed by atoms with Crippen LogP contribution in [-0.4, -0.2) is 17.0 Å². The van der Waals surface area contributed by atoms with E-state index in [-0.39, 0.29) is 0 Å². The molecule has 0 radical (unpaired) electrons. The molecule has 20 heavy (non-hydrogen) atoms. The second-order valence-corrected chi connectivity index (χ2v) is 5.59. The molecule has 0 aromatic carbocycles. The van der Waals surface area contributed by atoms with Crippen LogP contribution in [0.4, 0.5) is 0 Å². The number of rotatable bonds is 3. The van der Waals surface area contributed by atoms with Gasteiger partial charge in [-0.1, -0.05) is 12.1 Å². The van der Waals surface area contributed by atoms with Crippen molar-refractivity contribution in [2.45, 2.75) is 38.6 Å². The molecule has 1 aliphatic rings. The maximum Gasteiger partial charge on any atom is 0.0485 e. The second-order valence-electron chi connectivity index (χ2n) is 5.59. The standard InChI is InChI=1S/C17H21N3/c1-11-6-8-14(12(2)20-11)17(18-3)15-9-7-13-5-4-10-19-16(13)15/h4-6,8,10,15,17-18H,7,9H2,1-3H3. The number of nitrogens with zero attached hydrogens (tertiary/aromatic N) is 2. The summed E-state index contributed by atoms with van der Waals surface area (Å²) in [4.78, 5) is 9.23. The van der Waals surface area contributed by atoms with Crippen LogP contribution in [0.5, 0.6) is 0 Å². The Morgan fingerprint density at radius 3 is 2.85 bits per heavy atom. The van der Waals surface area contributed by atoms with Gasteiger partial charge in [-0.15, -0.1) is 0 Å². The van der Waals surface area contributed by atoms with Crippen molar-refractivity contribution in [3.8, 4) is 0 Å². The van der Waals surface area contributed by atoms with E-state index in [9.17, 15) is 0 Å². The highest BCUT2D eigenvalue weighted by Crippen LogP contribution is 2.40. The molecular formula is C17H21N3. The maximum atomic E-state index is 4.62. The number of aromatic nitrogens is 2. The highest BCUT2D eigenvalue weighted by atomic mass is 14.9. The summed E-state index contributed by atoms with van der Waals surface area (Å²) in [5.41, 5.74) is 6.14. The molecule has 2 aromatic heterocycles. The zero-order chi connectivity index (χ0) is 14.1.